The number of likely N-dealkylation sites (N-methyl/N-ethyl adjacent to an activating group) is 1. The molecular weight excluding hydrogens is 314 g/mol. The Morgan fingerprint density at radius 2 is 1.76 bits per heavy atom. The second kappa shape index (κ2) is 8.07. The summed E-state index contributed by atoms with van der Waals surface area (Å²) in [6, 6.07) is 12.3. The van der Waals surface area contributed by atoms with Crippen LogP contribution in [0.5, 0.6) is 0 Å². The van der Waals surface area contributed by atoms with Crippen LogP contribution in [0, 0.1) is 6.92 Å². The van der Waals surface area contributed by atoms with Crippen molar-refractivity contribution in [2.75, 3.05) is 44.2 Å². The van der Waals surface area contributed by atoms with Gasteiger partial charge in [-0.15, -0.1) is 10.2 Å². The predicted octanol–water partition coefficient (Wildman–Crippen LogP) is 1.71. The topological polar surface area (TPSA) is 61.4 Å². The number of carbonyl (C=O) groups is 1. The van der Waals surface area contributed by atoms with E-state index in [-0.39, 0.29) is 5.91 Å². The molecule has 0 aliphatic carbocycles. The van der Waals surface area contributed by atoms with Crippen molar-refractivity contribution in [1.82, 2.24) is 20.4 Å². The summed E-state index contributed by atoms with van der Waals surface area (Å²) < 4.78 is 0. The number of benzene rings is 1. The number of piperazine rings is 1. The molecule has 1 N–H and O–H groups in total. The van der Waals surface area contributed by atoms with Gasteiger partial charge >= 0.3 is 0 Å². The number of amides is 1. The van der Waals surface area contributed by atoms with Gasteiger partial charge in [0.05, 0.1) is 12.2 Å². The minimum absolute atomic E-state index is 0.169. The van der Waals surface area contributed by atoms with Crippen molar-refractivity contribution in [1.29, 1.82) is 0 Å². The lowest BCUT2D eigenvalue weighted by atomic mass is 10.1. The lowest BCUT2D eigenvalue weighted by Gasteiger charge is -2.35. The van der Waals surface area contributed by atoms with Gasteiger partial charge in [0.1, 0.15) is 0 Å². The summed E-state index contributed by atoms with van der Waals surface area (Å²) >= 11 is 0. The maximum atomic E-state index is 12.0. The van der Waals surface area contributed by atoms with Crippen molar-refractivity contribution in [3.8, 4) is 11.3 Å². The fourth-order valence-corrected chi connectivity index (χ4v) is 2.90. The number of nitrogens with one attached hydrogen (secondary N) is 1. The average Bonchev–Trinajstić information content (AvgIpc) is 2.67. The number of nitrogens with zero attached hydrogens (tertiary/aromatic N) is 4. The second-order valence-corrected chi connectivity index (χ2v) is 6.29. The Bertz CT molecular complexity index is 691. The van der Waals surface area contributed by atoms with E-state index >= 15 is 0 Å². The van der Waals surface area contributed by atoms with Crippen LogP contribution in [-0.4, -0.2) is 60.3 Å². The number of rotatable bonds is 5. The first kappa shape index (κ1) is 17.4. The van der Waals surface area contributed by atoms with Gasteiger partial charge in [0.2, 0.25) is 5.91 Å². The molecule has 6 heteroatoms. The molecule has 25 heavy (non-hydrogen) atoms. The molecule has 0 spiro atoms. The Balaban J connectivity index is 1.58. The maximum absolute atomic E-state index is 12.0. The summed E-state index contributed by atoms with van der Waals surface area (Å²) in [6.07, 6.45) is 0. The van der Waals surface area contributed by atoms with E-state index < -0.39 is 0 Å². The molecule has 1 aliphatic rings. The van der Waals surface area contributed by atoms with Crippen LogP contribution in [0.15, 0.2) is 36.4 Å². The van der Waals surface area contributed by atoms with Gasteiger partial charge in [-0.3, -0.25) is 4.79 Å². The van der Waals surface area contributed by atoms with E-state index in [1.165, 1.54) is 5.56 Å². The third kappa shape index (κ3) is 4.33. The van der Waals surface area contributed by atoms with Crippen molar-refractivity contribution in [2.45, 2.75) is 13.8 Å². The fourth-order valence-electron chi connectivity index (χ4n) is 2.90. The molecule has 0 unspecified atom stereocenters. The zero-order valence-corrected chi connectivity index (χ0v) is 14.9. The molecule has 2 heterocycles. The van der Waals surface area contributed by atoms with Crippen molar-refractivity contribution < 1.29 is 4.79 Å². The quantitative estimate of drug-likeness (QED) is 0.899. The highest BCUT2D eigenvalue weighted by molar-refractivity contribution is 5.78. The van der Waals surface area contributed by atoms with Crippen molar-refractivity contribution in [3.63, 3.8) is 0 Å². The average molecular weight is 339 g/mol. The van der Waals surface area contributed by atoms with Crippen molar-refractivity contribution in [2.24, 2.45) is 0 Å². The Labute approximate surface area is 148 Å². The first-order valence-electron chi connectivity index (χ1n) is 8.81. The molecule has 1 amide bonds. The Hall–Kier alpha value is -2.47. The largest absolute Gasteiger partial charge is 0.352 e. The van der Waals surface area contributed by atoms with Crippen molar-refractivity contribution in [3.05, 3.63) is 42.0 Å². The molecule has 1 aromatic heterocycles. The predicted molar refractivity (Wildman–Crippen MR) is 99.5 cm³/mol. The lowest BCUT2D eigenvalue weighted by Crippen LogP contribution is -2.51. The van der Waals surface area contributed by atoms with Crippen LogP contribution in [0.2, 0.25) is 0 Å². The summed E-state index contributed by atoms with van der Waals surface area (Å²) in [5.74, 6) is 1.04. The molecule has 6 nitrogen and oxygen atoms in total. The normalized spacial score (nSPS) is 14.6. The van der Waals surface area contributed by atoms with E-state index in [9.17, 15) is 4.79 Å². The van der Waals surface area contributed by atoms with Crippen LogP contribution >= 0.6 is 0 Å². The highest BCUT2D eigenvalue weighted by Crippen LogP contribution is 2.19. The molecule has 0 bridgehead atoms. The van der Waals surface area contributed by atoms with Crippen LogP contribution in [0.4, 0.5) is 5.82 Å². The first-order chi connectivity index (χ1) is 12.2. The summed E-state index contributed by atoms with van der Waals surface area (Å²) in [7, 11) is 0. The molecular formula is C19H25N5O. The minimum Gasteiger partial charge on any atom is -0.352 e. The molecule has 1 saturated heterocycles. The molecule has 1 aromatic carbocycles. The lowest BCUT2D eigenvalue weighted by molar-refractivity contribution is -0.130. The van der Waals surface area contributed by atoms with Crippen LogP contribution in [0.1, 0.15) is 12.5 Å². The van der Waals surface area contributed by atoms with Gasteiger partial charge in [-0.05, 0) is 25.6 Å². The molecule has 1 fully saturated rings. The number of anilines is 1. The highest BCUT2D eigenvalue weighted by Gasteiger charge is 2.21. The monoisotopic (exact) mass is 339 g/mol. The van der Waals surface area contributed by atoms with E-state index in [0.29, 0.717) is 6.54 Å². The van der Waals surface area contributed by atoms with Gasteiger partial charge in [0, 0.05) is 31.7 Å². The number of aromatic nitrogens is 2. The molecule has 0 radical (unpaired) electrons. The van der Waals surface area contributed by atoms with E-state index in [4.69, 9.17) is 0 Å². The van der Waals surface area contributed by atoms with E-state index in [1.807, 2.05) is 24.0 Å². The Morgan fingerprint density at radius 1 is 1.04 bits per heavy atom. The number of aryl methyl sites for hydroxylation is 1. The van der Waals surface area contributed by atoms with Gasteiger partial charge in [-0.1, -0.05) is 36.8 Å². The fraction of sp³-hybridized carbons (Fsp3) is 0.421. The summed E-state index contributed by atoms with van der Waals surface area (Å²) in [6.45, 7) is 8.34. The Morgan fingerprint density at radius 3 is 2.36 bits per heavy atom. The summed E-state index contributed by atoms with van der Waals surface area (Å²) in [5, 5.41) is 11.8. The molecule has 0 saturated carbocycles. The van der Waals surface area contributed by atoms with Crippen molar-refractivity contribution >= 4 is 11.7 Å². The third-order valence-electron chi connectivity index (χ3n) is 4.48. The molecule has 132 valence electrons. The smallest absolute Gasteiger partial charge is 0.236 e. The summed E-state index contributed by atoms with van der Waals surface area (Å²) in [4.78, 5) is 16.1. The molecule has 1 aliphatic heterocycles. The van der Waals surface area contributed by atoms with Crippen LogP contribution in [0.3, 0.4) is 0 Å². The van der Waals surface area contributed by atoms with Gasteiger partial charge in [0.15, 0.2) is 5.82 Å². The number of hydrogen-bond acceptors (Lipinski definition) is 5. The molecule has 2 aromatic rings. The molecule has 0 atom stereocenters. The zero-order chi connectivity index (χ0) is 17.6. The third-order valence-corrected chi connectivity index (χ3v) is 4.48. The van der Waals surface area contributed by atoms with E-state index in [2.05, 4.69) is 51.6 Å². The van der Waals surface area contributed by atoms with Crippen LogP contribution in [-0.2, 0) is 4.79 Å². The zero-order valence-electron chi connectivity index (χ0n) is 14.9. The highest BCUT2D eigenvalue weighted by atomic mass is 16.2. The SMILES string of the molecule is CCNCC(=O)N1CCN(c2ccc(-c3ccc(C)cc3)nn2)CC1. The second-order valence-electron chi connectivity index (χ2n) is 6.29. The number of carbonyl (C=O) groups excluding carboxylic acids is 1. The first-order valence-corrected chi connectivity index (χ1v) is 8.81. The minimum atomic E-state index is 0.169. The number of hydrogen-bond donors (Lipinski definition) is 1. The van der Waals surface area contributed by atoms with Crippen LogP contribution < -0.4 is 10.2 Å². The van der Waals surface area contributed by atoms with Gasteiger partial charge < -0.3 is 15.1 Å². The van der Waals surface area contributed by atoms with Gasteiger partial charge in [0.25, 0.3) is 0 Å². The summed E-state index contributed by atoms with van der Waals surface area (Å²) in [5.41, 5.74) is 3.18. The van der Waals surface area contributed by atoms with E-state index in [1.54, 1.807) is 0 Å². The van der Waals surface area contributed by atoms with Crippen LogP contribution in [0.25, 0.3) is 11.3 Å². The standard InChI is InChI=1S/C19H25N5O/c1-3-20-14-19(25)24-12-10-23(11-13-24)18-9-8-17(21-22-18)16-6-4-15(2)5-7-16/h4-9,20H,3,10-14H2,1-2H3. The van der Waals surface area contributed by atoms with Gasteiger partial charge in [-0.2, -0.15) is 0 Å². The maximum Gasteiger partial charge on any atom is 0.236 e. The Kier molecular flexibility index (Phi) is 5.60. The van der Waals surface area contributed by atoms with Gasteiger partial charge in [-0.25, -0.2) is 0 Å². The molecule has 3 rings (SSSR count). The van der Waals surface area contributed by atoms with E-state index in [0.717, 1.165) is 49.8 Å².